The molecule has 13 nitrogen and oxygen atoms in total. The fourth-order valence-corrected chi connectivity index (χ4v) is 4.28. The van der Waals surface area contributed by atoms with Gasteiger partial charge in [-0.1, -0.05) is 19.3 Å². The lowest BCUT2D eigenvalue weighted by atomic mass is 9.97. The van der Waals surface area contributed by atoms with Gasteiger partial charge in [0.15, 0.2) is 12.6 Å². The van der Waals surface area contributed by atoms with Crippen LogP contribution in [0.3, 0.4) is 0 Å². The summed E-state index contributed by atoms with van der Waals surface area (Å²) >= 11 is 0. The van der Waals surface area contributed by atoms with Crippen molar-refractivity contribution < 1.29 is 59.5 Å². The molecule has 0 saturated carbocycles. The van der Waals surface area contributed by atoms with Gasteiger partial charge in [-0.3, -0.25) is 4.79 Å². The van der Waals surface area contributed by atoms with Crippen LogP contribution in [0.1, 0.15) is 52.4 Å². The second-order valence-corrected chi connectivity index (χ2v) is 9.56. The minimum absolute atomic E-state index is 0.139. The first-order valence-electron chi connectivity index (χ1n) is 12.6. The zero-order valence-electron chi connectivity index (χ0n) is 20.9. The predicted molar refractivity (Wildman–Crippen MR) is 124 cm³/mol. The fraction of sp³-hybridized carbons (Fsp3) is 0.957. The molecule has 13 heteroatoms. The van der Waals surface area contributed by atoms with E-state index < -0.39 is 74.0 Å². The van der Waals surface area contributed by atoms with Gasteiger partial charge in [-0.2, -0.15) is 0 Å². The number of aliphatic hydroxyl groups is 6. The average Bonchev–Trinajstić information content (AvgIpc) is 2.84. The SMILES string of the molecule is CC(CCCCCCC(=O)O)NCCO[C@@H]1O[C@H](CO)[C@H](O)[C@H](O)[C@H]1O[C@@H]1O[C@@H](C)[C@@H](O)[C@@H](O)[C@@H]1O. The Hall–Kier alpha value is -0.970. The van der Waals surface area contributed by atoms with Gasteiger partial charge in [-0.05, 0) is 26.7 Å². The van der Waals surface area contributed by atoms with Crippen LogP contribution in [0.2, 0.25) is 0 Å². The molecule has 212 valence electrons. The number of aliphatic hydroxyl groups excluding tert-OH is 6. The molecule has 2 fully saturated rings. The highest BCUT2D eigenvalue weighted by molar-refractivity contribution is 5.66. The summed E-state index contributed by atoms with van der Waals surface area (Å²) in [4.78, 5) is 10.5. The summed E-state index contributed by atoms with van der Waals surface area (Å²) in [7, 11) is 0. The van der Waals surface area contributed by atoms with E-state index in [9.17, 15) is 35.4 Å². The standard InChI is InChI=1S/C23H43NO12/c1-12(7-5-3-4-6-8-15(26)27)24-9-10-33-23-21(19(31)17(29)14(11-25)35-23)36-22-20(32)18(30)16(28)13(2)34-22/h12-14,16-25,28-32H,3-11H2,1-2H3,(H,26,27)/t12?,13-,14+,16+,17-,18+,19-,20-,21+,22-,23+/m0/s1. The van der Waals surface area contributed by atoms with Gasteiger partial charge in [-0.25, -0.2) is 0 Å². The van der Waals surface area contributed by atoms with E-state index in [2.05, 4.69) is 5.32 Å². The van der Waals surface area contributed by atoms with Gasteiger partial charge in [0, 0.05) is 19.0 Å². The quantitative estimate of drug-likeness (QED) is 0.110. The third-order valence-corrected chi connectivity index (χ3v) is 6.58. The van der Waals surface area contributed by atoms with Crippen molar-refractivity contribution in [1.29, 1.82) is 0 Å². The topological polar surface area (TPSA) is 208 Å². The molecule has 0 radical (unpaired) electrons. The Bertz CT molecular complexity index is 642. The molecule has 0 aromatic rings. The third-order valence-electron chi connectivity index (χ3n) is 6.58. The van der Waals surface area contributed by atoms with E-state index in [0.717, 1.165) is 25.7 Å². The average molecular weight is 526 g/mol. The summed E-state index contributed by atoms with van der Waals surface area (Å²) < 4.78 is 22.4. The minimum atomic E-state index is -1.62. The fourth-order valence-electron chi connectivity index (χ4n) is 4.28. The highest BCUT2D eigenvalue weighted by atomic mass is 16.8. The molecule has 2 heterocycles. The van der Waals surface area contributed by atoms with Crippen molar-refractivity contribution in [3.8, 4) is 0 Å². The largest absolute Gasteiger partial charge is 0.481 e. The maximum Gasteiger partial charge on any atom is 0.303 e. The van der Waals surface area contributed by atoms with Crippen molar-refractivity contribution in [3.63, 3.8) is 0 Å². The van der Waals surface area contributed by atoms with Crippen LogP contribution < -0.4 is 5.32 Å². The summed E-state index contributed by atoms with van der Waals surface area (Å²) in [5, 5.41) is 72.5. The number of hydrogen-bond acceptors (Lipinski definition) is 12. The molecule has 2 saturated heterocycles. The molecular weight excluding hydrogens is 482 g/mol. The predicted octanol–water partition coefficient (Wildman–Crippen LogP) is -1.94. The zero-order chi connectivity index (χ0) is 26.8. The summed E-state index contributed by atoms with van der Waals surface area (Å²) in [6.07, 6.45) is -8.96. The molecular formula is C23H43NO12. The molecule has 8 N–H and O–H groups in total. The maximum atomic E-state index is 10.6. The Labute approximate surface area is 210 Å². The molecule has 0 bridgehead atoms. The third kappa shape index (κ3) is 9.10. The van der Waals surface area contributed by atoms with E-state index in [-0.39, 0.29) is 19.1 Å². The normalized spacial score (nSPS) is 38.1. The first-order chi connectivity index (χ1) is 17.1. The van der Waals surface area contributed by atoms with Gasteiger partial charge in [0.1, 0.15) is 42.7 Å². The van der Waals surface area contributed by atoms with Crippen LogP contribution in [0.5, 0.6) is 0 Å². The van der Waals surface area contributed by atoms with E-state index >= 15 is 0 Å². The van der Waals surface area contributed by atoms with Crippen molar-refractivity contribution in [2.24, 2.45) is 0 Å². The van der Waals surface area contributed by atoms with Crippen LogP contribution in [0, 0.1) is 0 Å². The van der Waals surface area contributed by atoms with Gasteiger partial charge in [0.05, 0.1) is 19.3 Å². The number of unbranched alkanes of at least 4 members (excludes halogenated alkanes) is 3. The van der Waals surface area contributed by atoms with Gasteiger partial charge >= 0.3 is 5.97 Å². The van der Waals surface area contributed by atoms with Gasteiger partial charge in [0.25, 0.3) is 0 Å². The summed E-state index contributed by atoms with van der Waals surface area (Å²) in [5.41, 5.74) is 0. The first kappa shape index (κ1) is 31.2. The summed E-state index contributed by atoms with van der Waals surface area (Å²) in [5.74, 6) is -0.777. The second-order valence-electron chi connectivity index (χ2n) is 9.56. The number of rotatable bonds is 15. The molecule has 2 rings (SSSR count). The Morgan fingerprint density at radius 2 is 1.61 bits per heavy atom. The molecule has 11 atom stereocenters. The van der Waals surface area contributed by atoms with Crippen LogP contribution >= 0.6 is 0 Å². The first-order valence-corrected chi connectivity index (χ1v) is 12.6. The van der Waals surface area contributed by atoms with Crippen LogP contribution in [-0.4, -0.2) is 129 Å². The van der Waals surface area contributed by atoms with Crippen LogP contribution in [0.15, 0.2) is 0 Å². The lowest BCUT2D eigenvalue weighted by molar-refractivity contribution is -0.364. The van der Waals surface area contributed by atoms with Crippen LogP contribution in [-0.2, 0) is 23.7 Å². The van der Waals surface area contributed by atoms with E-state index in [1.807, 2.05) is 6.92 Å². The van der Waals surface area contributed by atoms with Crippen molar-refractivity contribution in [2.75, 3.05) is 19.8 Å². The molecule has 0 spiro atoms. The Morgan fingerprint density at radius 1 is 0.917 bits per heavy atom. The molecule has 0 amide bonds. The van der Waals surface area contributed by atoms with Crippen molar-refractivity contribution in [3.05, 3.63) is 0 Å². The van der Waals surface area contributed by atoms with Gasteiger partial charge < -0.3 is 60.0 Å². The van der Waals surface area contributed by atoms with E-state index in [1.165, 1.54) is 6.92 Å². The number of carboxylic acid groups (broad SMARTS) is 1. The van der Waals surface area contributed by atoms with Gasteiger partial charge in [-0.15, -0.1) is 0 Å². The molecule has 36 heavy (non-hydrogen) atoms. The van der Waals surface area contributed by atoms with E-state index in [0.29, 0.717) is 13.0 Å². The highest BCUT2D eigenvalue weighted by Gasteiger charge is 2.50. The number of hydrogen-bond donors (Lipinski definition) is 8. The zero-order valence-corrected chi connectivity index (χ0v) is 20.9. The maximum absolute atomic E-state index is 10.6. The summed E-state index contributed by atoms with van der Waals surface area (Å²) in [6.45, 7) is 3.50. The molecule has 0 aromatic carbocycles. The summed E-state index contributed by atoms with van der Waals surface area (Å²) in [6, 6.07) is 0.185. The number of aliphatic carboxylic acids is 1. The number of ether oxygens (including phenoxy) is 4. The Morgan fingerprint density at radius 3 is 2.28 bits per heavy atom. The van der Waals surface area contributed by atoms with Crippen LogP contribution in [0.25, 0.3) is 0 Å². The van der Waals surface area contributed by atoms with Crippen molar-refractivity contribution >= 4 is 5.97 Å². The Balaban J connectivity index is 1.83. The van der Waals surface area contributed by atoms with E-state index in [4.69, 9.17) is 24.1 Å². The minimum Gasteiger partial charge on any atom is -0.481 e. The lowest BCUT2D eigenvalue weighted by Crippen LogP contribution is -2.64. The molecule has 1 unspecified atom stereocenters. The van der Waals surface area contributed by atoms with Crippen LogP contribution in [0.4, 0.5) is 0 Å². The molecule has 2 aliphatic rings. The number of carboxylic acids is 1. The monoisotopic (exact) mass is 525 g/mol. The number of carbonyl (C=O) groups is 1. The number of nitrogens with one attached hydrogen (secondary N) is 1. The van der Waals surface area contributed by atoms with Crippen molar-refractivity contribution in [2.45, 2.75) is 120 Å². The smallest absolute Gasteiger partial charge is 0.303 e. The van der Waals surface area contributed by atoms with Gasteiger partial charge in [0.2, 0.25) is 0 Å². The Kier molecular flexibility index (Phi) is 13.4. The van der Waals surface area contributed by atoms with E-state index in [1.54, 1.807) is 0 Å². The molecule has 2 aliphatic heterocycles. The molecule has 0 aliphatic carbocycles. The van der Waals surface area contributed by atoms with Crippen molar-refractivity contribution in [1.82, 2.24) is 5.32 Å². The highest BCUT2D eigenvalue weighted by Crippen LogP contribution is 2.29. The molecule has 0 aromatic heterocycles. The second kappa shape index (κ2) is 15.4. The lowest BCUT2D eigenvalue weighted by Gasteiger charge is -2.45.